The molecule has 0 aliphatic rings. The SMILES string of the molecule is CNC(=O)[C@](C)(NC(C)=O)[C@@H](C)O. The van der Waals surface area contributed by atoms with Crippen LogP contribution in [0.25, 0.3) is 0 Å². The molecular weight excluding hydrogens is 172 g/mol. The lowest BCUT2D eigenvalue weighted by molar-refractivity contribution is -0.136. The van der Waals surface area contributed by atoms with Crippen LogP contribution in [0.1, 0.15) is 20.8 Å². The molecule has 3 N–H and O–H groups in total. The molecule has 0 bridgehead atoms. The monoisotopic (exact) mass is 188 g/mol. The number of hydrogen-bond acceptors (Lipinski definition) is 3. The molecule has 0 aromatic carbocycles. The summed E-state index contributed by atoms with van der Waals surface area (Å²) in [5.74, 6) is -0.773. The maximum Gasteiger partial charge on any atom is 0.247 e. The molecule has 0 spiro atoms. The van der Waals surface area contributed by atoms with Gasteiger partial charge in [0.15, 0.2) is 0 Å². The van der Waals surface area contributed by atoms with Gasteiger partial charge in [0.05, 0.1) is 6.10 Å². The first-order valence-corrected chi connectivity index (χ1v) is 4.03. The summed E-state index contributed by atoms with van der Waals surface area (Å²) in [4.78, 5) is 22.1. The number of amides is 2. The van der Waals surface area contributed by atoms with Crippen LogP contribution in [0, 0.1) is 0 Å². The summed E-state index contributed by atoms with van der Waals surface area (Å²) in [5.41, 5.74) is -1.26. The first-order valence-electron chi connectivity index (χ1n) is 4.03. The van der Waals surface area contributed by atoms with E-state index >= 15 is 0 Å². The van der Waals surface area contributed by atoms with Gasteiger partial charge in [0.25, 0.3) is 0 Å². The highest BCUT2D eigenvalue weighted by atomic mass is 16.3. The lowest BCUT2D eigenvalue weighted by atomic mass is 9.94. The third-order valence-corrected chi connectivity index (χ3v) is 1.97. The van der Waals surface area contributed by atoms with Crippen molar-refractivity contribution in [2.24, 2.45) is 0 Å². The molecule has 0 rings (SSSR count). The van der Waals surface area contributed by atoms with Gasteiger partial charge >= 0.3 is 0 Å². The van der Waals surface area contributed by atoms with Gasteiger partial charge in [-0.1, -0.05) is 0 Å². The zero-order valence-electron chi connectivity index (χ0n) is 8.34. The van der Waals surface area contributed by atoms with Gasteiger partial charge in [0.1, 0.15) is 5.54 Å². The maximum atomic E-state index is 11.3. The third-order valence-electron chi connectivity index (χ3n) is 1.97. The van der Waals surface area contributed by atoms with Crippen molar-refractivity contribution >= 4 is 11.8 Å². The van der Waals surface area contributed by atoms with E-state index in [9.17, 15) is 14.7 Å². The van der Waals surface area contributed by atoms with Crippen LogP contribution in [0.15, 0.2) is 0 Å². The molecule has 0 saturated carbocycles. The van der Waals surface area contributed by atoms with Crippen LogP contribution < -0.4 is 10.6 Å². The number of likely N-dealkylation sites (N-methyl/N-ethyl adjacent to an activating group) is 1. The first kappa shape index (κ1) is 11.9. The quantitative estimate of drug-likeness (QED) is 0.532. The second-order valence-electron chi connectivity index (χ2n) is 3.14. The molecule has 13 heavy (non-hydrogen) atoms. The van der Waals surface area contributed by atoms with Gasteiger partial charge in [-0.15, -0.1) is 0 Å². The number of nitrogens with one attached hydrogen (secondary N) is 2. The molecule has 0 fully saturated rings. The Balaban J connectivity index is 4.72. The van der Waals surface area contributed by atoms with E-state index < -0.39 is 17.6 Å². The Hall–Kier alpha value is -1.10. The average molecular weight is 188 g/mol. The molecule has 5 nitrogen and oxygen atoms in total. The van der Waals surface area contributed by atoms with E-state index in [2.05, 4.69) is 10.6 Å². The van der Waals surface area contributed by atoms with Gasteiger partial charge in [-0.2, -0.15) is 0 Å². The van der Waals surface area contributed by atoms with Gasteiger partial charge in [-0.3, -0.25) is 9.59 Å². The molecule has 2 atom stereocenters. The van der Waals surface area contributed by atoms with Gasteiger partial charge in [0.2, 0.25) is 11.8 Å². The summed E-state index contributed by atoms with van der Waals surface area (Å²) < 4.78 is 0. The largest absolute Gasteiger partial charge is 0.390 e. The Morgan fingerprint density at radius 1 is 1.46 bits per heavy atom. The summed E-state index contributed by atoms with van der Waals surface area (Å²) in [7, 11) is 1.45. The maximum absolute atomic E-state index is 11.3. The molecule has 0 aromatic rings. The van der Waals surface area contributed by atoms with Crippen LogP contribution in [0.4, 0.5) is 0 Å². The highest BCUT2D eigenvalue weighted by Gasteiger charge is 2.38. The second kappa shape index (κ2) is 4.23. The van der Waals surface area contributed by atoms with Crippen LogP contribution in [-0.4, -0.2) is 35.6 Å². The number of hydrogen-bond donors (Lipinski definition) is 3. The highest BCUT2D eigenvalue weighted by Crippen LogP contribution is 2.09. The van der Waals surface area contributed by atoms with Crippen LogP contribution in [0.3, 0.4) is 0 Å². The van der Waals surface area contributed by atoms with Gasteiger partial charge in [-0.05, 0) is 13.8 Å². The highest BCUT2D eigenvalue weighted by molar-refractivity contribution is 5.90. The zero-order chi connectivity index (χ0) is 10.6. The van der Waals surface area contributed by atoms with E-state index in [0.717, 1.165) is 0 Å². The molecule has 2 amide bonds. The van der Waals surface area contributed by atoms with E-state index in [1.165, 1.54) is 27.8 Å². The predicted octanol–water partition coefficient (Wildman–Crippen LogP) is -0.992. The van der Waals surface area contributed by atoms with E-state index in [4.69, 9.17) is 0 Å². The van der Waals surface area contributed by atoms with Crippen LogP contribution in [0.5, 0.6) is 0 Å². The predicted molar refractivity (Wildman–Crippen MR) is 48.0 cm³/mol. The van der Waals surface area contributed by atoms with Gasteiger partial charge < -0.3 is 15.7 Å². The fourth-order valence-corrected chi connectivity index (χ4v) is 0.976. The summed E-state index contributed by atoms with van der Waals surface area (Å²) >= 11 is 0. The smallest absolute Gasteiger partial charge is 0.247 e. The Labute approximate surface area is 77.5 Å². The summed E-state index contributed by atoms with van der Waals surface area (Å²) in [6.45, 7) is 4.21. The number of aliphatic hydroxyl groups excluding tert-OH is 1. The second-order valence-corrected chi connectivity index (χ2v) is 3.14. The van der Waals surface area contributed by atoms with Gasteiger partial charge in [-0.25, -0.2) is 0 Å². The number of aliphatic hydroxyl groups is 1. The lowest BCUT2D eigenvalue weighted by Crippen LogP contribution is -2.61. The lowest BCUT2D eigenvalue weighted by Gasteiger charge is -2.31. The average Bonchev–Trinajstić information content (AvgIpc) is 2.01. The zero-order valence-corrected chi connectivity index (χ0v) is 8.34. The minimum Gasteiger partial charge on any atom is -0.390 e. The van der Waals surface area contributed by atoms with Crippen LogP contribution in [0.2, 0.25) is 0 Å². The fraction of sp³-hybridized carbons (Fsp3) is 0.750. The molecule has 76 valence electrons. The molecule has 5 heteroatoms. The van der Waals surface area contributed by atoms with Crippen molar-refractivity contribution in [3.8, 4) is 0 Å². The third kappa shape index (κ3) is 2.69. The van der Waals surface area contributed by atoms with Crippen molar-refractivity contribution in [1.29, 1.82) is 0 Å². The Kier molecular flexibility index (Phi) is 3.87. The van der Waals surface area contributed by atoms with Crippen molar-refractivity contribution < 1.29 is 14.7 Å². The number of carbonyl (C=O) groups is 2. The normalized spacial score (nSPS) is 17.0. The molecule has 0 unspecified atom stereocenters. The van der Waals surface area contributed by atoms with E-state index in [-0.39, 0.29) is 5.91 Å². The fourth-order valence-electron chi connectivity index (χ4n) is 0.976. The minimum atomic E-state index is -1.26. The molecule has 0 radical (unpaired) electrons. The van der Waals surface area contributed by atoms with Gasteiger partial charge in [0, 0.05) is 14.0 Å². The Morgan fingerprint density at radius 2 is 1.92 bits per heavy atom. The minimum absolute atomic E-state index is 0.355. The van der Waals surface area contributed by atoms with Crippen molar-refractivity contribution in [3.05, 3.63) is 0 Å². The number of carbonyl (C=O) groups excluding carboxylic acids is 2. The van der Waals surface area contributed by atoms with Crippen molar-refractivity contribution in [2.75, 3.05) is 7.05 Å². The van der Waals surface area contributed by atoms with Crippen LogP contribution >= 0.6 is 0 Å². The molecular formula is C8H16N2O3. The summed E-state index contributed by atoms with van der Waals surface area (Å²) in [6.07, 6.45) is -0.948. The standard InChI is InChI=1S/C8H16N2O3/c1-5(11)8(3,7(13)9-4)10-6(2)12/h5,11H,1-4H3,(H,9,13)(H,10,12)/t5-,8-/m1/s1. The van der Waals surface area contributed by atoms with Crippen LogP contribution in [-0.2, 0) is 9.59 Å². The van der Waals surface area contributed by atoms with E-state index in [1.54, 1.807) is 0 Å². The molecule has 0 aromatic heterocycles. The molecule has 0 saturated heterocycles. The summed E-state index contributed by atoms with van der Waals surface area (Å²) in [5, 5.41) is 14.1. The van der Waals surface area contributed by atoms with Crippen molar-refractivity contribution in [3.63, 3.8) is 0 Å². The molecule has 0 heterocycles. The van der Waals surface area contributed by atoms with Crippen molar-refractivity contribution in [1.82, 2.24) is 10.6 Å². The molecule has 0 aliphatic heterocycles. The number of rotatable bonds is 3. The topological polar surface area (TPSA) is 78.4 Å². The Morgan fingerprint density at radius 3 is 2.15 bits per heavy atom. The Bertz CT molecular complexity index is 215. The van der Waals surface area contributed by atoms with E-state index in [1.807, 2.05) is 0 Å². The van der Waals surface area contributed by atoms with E-state index in [0.29, 0.717) is 0 Å². The van der Waals surface area contributed by atoms with Crippen molar-refractivity contribution in [2.45, 2.75) is 32.4 Å². The first-order chi connectivity index (χ1) is 5.84. The molecule has 0 aliphatic carbocycles. The summed E-state index contributed by atoms with van der Waals surface area (Å²) in [6, 6.07) is 0.